The summed E-state index contributed by atoms with van der Waals surface area (Å²) >= 11 is 5.65. The fraction of sp³-hybridized carbons (Fsp3) is 0.500. The number of allylic oxidation sites excluding steroid dienone is 1. The Bertz CT molecular complexity index is 127. The topological polar surface area (TPSA) is 15.6 Å². The van der Waals surface area contributed by atoms with Gasteiger partial charge in [-0.2, -0.15) is 0 Å². The Hall–Kier alpha value is -0.500. The van der Waals surface area contributed by atoms with E-state index < -0.39 is 0 Å². The second-order valence-corrected chi connectivity index (χ2v) is 2.30. The Morgan fingerprint density at radius 3 is 2.44 bits per heavy atom. The van der Waals surface area contributed by atoms with E-state index in [0.717, 1.165) is 0 Å². The van der Waals surface area contributed by atoms with Crippen molar-refractivity contribution in [3.05, 3.63) is 11.2 Å². The van der Waals surface area contributed by atoms with Crippen LogP contribution in [0.1, 0.15) is 0 Å². The number of aliphatic imine (C=N–C) groups is 1. The molecular weight excluding hydrogens is 136 g/mol. The van der Waals surface area contributed by atoms with Crippen molar-refractivity contribution in [3.8, 4) is 0 Å². The molecule has 0 bridgehead atoms. The lowest BCUT2D eigenvalue weighted by atomic mass is 10.6. The summed E-state index contributed by atoms with van der Waals surface area (Å²) in [7, 11) is 5.50. The average molecular weight is 147 g/mol. The third kappa shape index (κ3) is 5.37. The minimum atomic E-state index is 0.641. The Morgan fingerprint density at radius 1 is 1.56 bits per heavy atom. The van der Waals surface area contributed by atoms with Gasteiger partial charge < -0.3 is 4.90 Å². The summed E-state index contributed by atoms with van der Waals surface area (Å²) in [5.74, 6) is 0. The molecule has 9 heavy (non-hydrogen) atoms. The van der Waals surface area contributed by atoms with Crippen LogP contribution in [0.5, 0.6) is 0 Å². The lowest BCUT2D eigenvalue weighted by molar-refractivity contribution is 0.563. The molecule has 0 fully saturated rings. The van der Waals surface area contributed by atoms with E-state index in [-0.39, 0.29) is 0 Å². The molecule has 0 aliphatic rings. The molecule has 3 heteroatoms. The first-order valence-corrected chi connectivity index (χ1v) is 3.00. The van der Waals surface area contributed by atoms with Crippen LogP contribution < -0.4 is 0 Å². The number of rotatable bonds is 2. The zero-order chi connectivity index (χ0) is 7.28. The second kappa shape index (κ2) is 4.39. The first-order valence-electron chi connectivity index (χ1n) is 2.62. The van der Waals surface area contributed by atoms with Crippen LogP contribution in [-0.4, -0.2) is 32.3 Å². The van der Waals surface area contributed by atoms with Crippen LogP contribution in [0, 0.1) is 0 Å². The van der Waals surface area contributed by atoms with Gasteiger partial charge >= 0.3 is 0 Å². The zero-order valence-electron chi connectivity index (χ0n) is 5.93. The van der Waals surface area contributed by atoms with Gasteiger partial charge in [-0.25, -0.2) is 0 Å². The SMILES string of the molecule is C/N=C/C(Cl)=C/N(C)C. The molecule has 52 valence electrons. The first kappa shape index (κ1) is 8.50. The molecule has 0 spiro atoms. The van der Waals surface area contributed by atoms with E-state index in [1.807, 2.05) is 19.0 Å². The standard InChI is InChI=1S/C6H11ClN2/c1-8-4-6(7)5-9(2)3/h4-5H,1-3H3/b6-5-,8-4+. The lowest BCUT2D eigenvalue weighted by Crippen LogP contribution is -2.01. The van der Waals surface area contributed by atoms with E-state index in [9.17, 15) is 0 Å². The lowest BCUT2D eigenvalue weighted by Gasteiger charge is -2.02. The van der Waals surface area contributed by atoms with Gasteiger partial charge in [-0.05, 0) is 0 Å². The molecular formula is C6H11ClN2. The second-order valence-electron chi connectivity index (χ2n) is 1.86. The maximum atomic E-state index is 5.65. The molecule has 0 radical (unpaired) electrons. The van der Waals surface area contributed by atoms with Crippen molar-refractivity contribution in [2.75, 3.05) is 21.1 Å². The minimum absolute atomic E-state index is 0.641. The summed E-state index contributed by atoms with van der Waals surface area (Å²) < 4.78 is 0. The number of hydrogen-bond acceptors (Lipinski definition) is 2. The molecule has 0 aromatic rings. The summed E-state index contributed by atoms with van der Waals surface area (Å²) in [4.78, 5) is 5.60. The summed E-state index contributed by atoms with van der Waals surface area (Å²) in [5.41, 5.74) is 0. The maximum absolute atomic E-state index is 5.65. The summed E-state index contributed by atoms with van der Waals surface area (Å²) in [6.07, 6.45) is 3.39. The van der Waals surface area contributed by atoms with Crippen molar-refractivity contribution in [3.63, 3.8) is 0 Å². The molecule has 0 heterocycles. The van der Waals surface area contributed by atoms with E-state index in [2.05, 4.69) is 4.99 Å². The van der Waals surface area contributed by atoms with Crippen LogP contribution in [0.4, 0.5) is 0 Å². The van der Waals surface area contributed by atoms with Crippen LogP contribution in [0.15, 0.2) is 16.2 Å². The van der Waals surface area contributed by atoms with Crippen molar-refractivity contribution in [2.24, 2.45) is 4.99 Å². The number of halogens is 1. The molecule has 2 nitrogen and oxygen atoms in total. The van der Waals surface area contributed by atoms with Gasteiger partial charge in [-0.1, -0.05) is 11.6 Å². The van der Waals surface area contributed by atoms with Crippen LogP contribution in [0.3, 0.4) is 0 Å². The summed E-state index contributed by atoms with van der Waals surface area (Å²) in [6, 6.07) is 0. The fourth-order valence-electron chi connectivity index (χ4n) is 0.403. The molecule has 0 N–H and O–H groups in total. The van der Waals surface area contributed by atoms with Crippen molar-refractivity contribution >= 4 is 17.8 Å². The third-order valence-electron chi connectivity index (χ3n) is 0.634. The van der Waals surface area contributed by atoms with Crippen molar-refractivity contribution in [2.45, 2.75) is 0 Å². The quantitative estimate of drug-likeness (QED) is 0.537. The number of hydrogen-bond donors (Lipinski definition) is 0. The van der Waals surface area contributed by atoms with Crippen LogP contribution >= 0.6 is 11.6 Å². The van der Waals surface area contributed by atoms with Gasteiger partial charge in [0.25, 0.3) is 0 Å². The maximum Gasteiger partial charge on any atom is 0.0742 e. The zero-order valence-corrected chi connectivity index (χ0v) is 6.68. The molecule has 0 aromatic heterocycles. The van der Waals surface area contributed by atoms with Gasteiger partial charge in [0, 0.05) is 33.6 Å². The summed E-state index contributed by atoms with van der Waals surface area (Å²) in [5, 5.41) is 0.641. The van der Waals surface area contributed by atoms with E-state index >= 15 is 0 Å². The van der Waals surface area contributed by atoms with Gasteiger partial charge in [-0.15, -0.1) is 0 Å². The number of nitrogens with zero attached hydrogens (tertiary/aromatic N) is 2. The Labute approximate surface area is 60.8 Å². The Kier molecular flexibility index (Phi) is 4.14. The van der Waals surface area contributed by atoms with Crippen LogP contribution in [-0.2, 0) is 0 Å². The molecule has 0 amide bonds. The highest BCUT2D eigenvalue weighted by Crippen LogP contribution is 1.96. The highest BCUT2D eigenvalue weighted by Gasteiger charge is 1.83. The first-order chi connectivity index (χ1) is 4.16. The molecule has 0 unspecified atom stereocenters. The minimum Gasteiger partial charge on any atom is -0.382 e. The van der Waals surface area contributed by atoms with Gasteiger partial charge in [0.2, 0.25) is 0 Å². The predicted molar refractivity (Wildman–Crippen MR) is 42.0 cm³/mol. The molecule has 0 aliphatic carbocycles. The van der Waals surface area contributed by atoms with Gasteiger partial charge in [-0.3, -0.25) is 4.99 Å². The fourth-order valence-corrected chi connectivity index (χ4v) is 0.696. The third-order valence-corrected chi connectivity index (χ3v) is 0.829. The van der Waals surface area contributed by atoms with E-state index in [4.69, 9.17) is 11.6 Å². The van der Waals surface area contributed by atoms with Gasteiger partial charge in [0.1, 0.15) is 0 Å². The normalized spacial score (nSPS) is 12.7. The molecule has 0 saturated carbocycles. The Morgan fingerprint density at radius 2 is 2.11 bits per heavy atom. The van der Waals surface area contributed by atoms with E-state index in [1.54, 1.807) is 19.5 Å². The van der Waals surface area contributed by atoms with Crippen molar-refractivity contribution in [1.82, 2.24) is 4.90 Å². The van der Waals surface area contributed by atoms with E-state index in [0.29, 0.717) is 5.03 Å². The van der Waals surface area contributed by atoms with Crippen molar-refractivity contribution < 1.29 is 0 Å². The molecule has 0 aliphatic heterocycles. The molecule has 0 saturated heterocycles. The largest absolute Gasteiger partial charge is 0.382 e. The van der Waals surface area contributed by atoms with Gasteiger partial charge in [0.05, 0.1) is 5.03 Å². The van der Waals surface area contributed by atoms with Crippen LogP contribution in [0.25, 0.3) is 0 Å². The monoisotopic (exact) mass is 146 g/mol. The molecule has 0 aromatic carbocycles. The van der Waals surface area contributed by atoms with Crippen LogP contribution in [0.2, 0.25) is 0 Å². The van der Waals surface area contributed by atoms with E-state index in [1.165, 1.54) is 0 Å². The summed E-state index contributed by atoms with van der Waals surface area (Å²) in [6.45, 7) is 0. The van der Waals surface area contributed by atoms with Gasteiger partial charge in [0.15, 0.2) is 0 Å². The van der Waals surface area contributed by atoms with Crippen molar-refractivity contribution in [1.29, 1.82) is 0 Å². The molecule has 0 atom stereocenters. The Balaban J connectivity index is 3.84. The molecule has 0 rings (SSSR count). The smallest absolute Gasteiger partial charge is 0.0742 e. The predicted octanol–water partition coefficient (Wildman–Crippen LogP) is 1.33. The highest BCUT2D eigenvalue weighted by atomic mass is 35.5. The average Bonchev–Trinajstić information content (AvgIpc) is 1.63. The highest BCUT2D eigenvalue weighted by molar-refractivity contribution is 6.39.